The van der Waals surface area contributed by atoms with E-state index in [-0.39, 0.29) is 13.2 Å². The van der Waals surface area contributed by atoms with Crippen LogP contribution in [0.15, 0.2) is 5.11 Å². The van der Waals surface area contributed by atoms with Gasteiger partial charge in [-0.1, -0.05) is 5.11 Å². The third-order valence-corrected chi connectivity index (χ3v) is 3.20. The van der Waals surface area contributed by atoms with Crippen molar-refractivity contribution in [3.63, 3.8) is 0 Å². The highest BCUT2D eigenvalue weighted by Gasteiger charge is 2.28. The number of ether oxygens (including phenoxy) is 1. The first kappa shape index (κ1) is 16.9. The fraction of sp³-hybridized carbons (Fsp3) is 0.875. The van der Waals surface area contributed by atoms with E-state index < -0.39 is 19.3 Å². The lowest BCUT2D eigenvalue weighted by Gasteiger charge is -2.17. The van der Waals surface area contributed by atoms with Crippen LogP contribution in [0.4, 0.5) is 0 Å². The first-order chi connectivity index (χ1) is 8.31. The van der Waals surface area contributed by atoms with Crippen molar-refractivity contribution in [2.45, 2.75) is 19.4 Å². The molecule has 0 aromatic heterocycles. The molecule has 0 amide bonds. The number of hydrogen-bond donors (Lipinski definition) is 0. The molecule has 0 N–H and O–H groups in total. The molecule has 0 atom stereocenters. The van der Waals surface area contributed by atoms with Crippen LogP contribution < -0.4 is 0 Å². The van der Waals surface area contributed by atoms with E-state index in [1.165, 1.54) is 28.1 Å². The largest absolute Gasteiger partial charge is 0.474 e. The molecule has 0 radical (unpaired) electrons. The summed E-state index contributed by atoms with van der Waals surface area (Å²) in [6.07, 6.45) is 0. The van der Waals surface area contributed by atoms with E-state index in [0.29, 0.717) is 0 Å². The number of hydrogen-bond acceptors (Lipinski definition) is 7. The van der Waals surface area contributed by atoms with Crippen LogP contribution in [0.2, 0.25) is 0 Å². The summed E-state index contributed by atoms with van der Waals surface area (Å²) < 4.78 is 30.0. The lowest BCUT2D eigenvalue weighted by Crippen LogP contribution is -2.31. The van der Waals surface area contributed by atoms with Gasteiger partial charge in [-0.15, -0.1) is 0 Å². The van der Waals surface area contributed by atoms with Gasteiger partial charge in [-0.2, -0.15) is 0 Å². The second kappa shape index (κ2) is 7.35. The normalized spacial score (nSPS) is 11.8. The van der Waals surface area contributed by atoms with Gasteiger partial charge in [0.25, 0.3) is 0 Å². The quantitative estimate of drug-likeness (QED) is 0.168. The molecule has 0 saturated heterocycles. The molecule has 104 valence electrons. The molecule has 0 bridgehead atoms. The van der Waals surface area contributed by atoms with Crippen molar-refractivity contribution in [1.29, 1.82) is 0 Å². The van der Waals surface area contributed by atoms with Crippen LogP contribution in [0.3, 0.4) is 0 Å². The Morgan fingerprint density at radius 3 is 2.33 bits per heavy atom. The average Bonchev–Trinajstić information content (AvgIpc) is 2.34. The number of rotatable bonds is 8. The minimum atomic E-state index is -3.57. The summed E-state index contributed by atoms with van der Waals surface area (Å²) in [6, 6.07) is 0. The highest BCUT2D eigenvalue weighted by molar-refractivity contribution is 7.48. The summed E-state index contributed by atoms with van der Waals surface area (Å²) in [5.41, 5.74) is 6.94. The second-order valence-electron chi connectivity index (χ2n) is 3.53. The minimum Gasteiger partial charge on any atom is -0.463 e. The highest BCUT2D eigenvalue weighted by atomic mass is 31.2. The first-order valence-electron chi connectivity index (χ1n) is 4.91. The summed E-state index contributed by atoms with van der Waals surface area (Å²) in [4.78, 5) is 14.0. The Bertz CT molecular complexity index is 371. The molecule has 0 spiro atoms. The Kier molecular flexibility index (Phi) is 6.90. The van der Waals surface area contributed by atoms with Crippen LogP contribution in [0, 0.1) is 0 Å². The van der Waals surface area contributed by atoms with E-state index in [1.807, 2.05) is 0 Å². The van der Waals surface area contributed by atoms with Crippen LogP contribution in [-0.2, 0) is 27.7 Å². The minimum absolute atomic E-state index is 0.167. The van der Waals surface area contributed by atoms with E-state index in [4.69, 9.17) is 14.8 Å². The Hall–Kier alpha value is -1.11. The molecule has 0 aromatic rings. The maximum Gasteiger partial charge on any atom is 0.474 e. The van der Waals surface area contributed by atoms with Crippen molar-refractivity contribution in [1.82, 2.24) is 0 Å². The summed E-state index contributed by atoms with van der Waals surface area (Å²) in [7, 11) is -1.23. The van der Waals surface area contributed by atoms with Gasteiger partial charge >= 0.3 is 13.8 Å². The Morgan fingerprint density at radius 2 is 1.89 bits per heavy atom. The highest BCUT2D eigenvalue weighted by Crippen LogP contribution is 2.47. The fourth-order valence-corrected chi connectivity index (χ4v) is 1.45. The number of esters is 1. The van der Waals surface area contributed by atoms with Gasteiger partial charge in [-0.25, -0.2) is 4.57 Å². The molecule has 0 unspecified atom stereocenters. The van der Waals surface area contributed by atoms with Crippen molar-refractivity contribution in [3.8, 4) is 0 Å². The van der Waals surface area contributed by atoms with Gasteiger partial charge in [0, 0.05) is 19.1 Å². The third-order valence-electron chi connectivity index (χ3n) is 1.81. The van der Waals surface area contributed by atoms with Crippen molar-refractivity contribution in [2.24, 2.45) is 5.11 Å². The number of phosphoric ester groups is 1. The molecule has 0 aliphatic carbocycles. The van der Waals surface area contributed by atoms with Crippen LogP contribution in [0.25, 0.3) is 10.4 Å². The first-order valence-corrected chi connectivity index (χ1v) is 6.37. The van der Waals surface area contributed by atoms with Gasteiger partial charge in [0.05, 0.1) is 6.61 Å². The predicted molar refractivity (Wildman–Crippen MR) is 61.8 cm³/mol. The number of phosphoric acid groups is 1. The molecule has 10 heteroatoms. The van der Waals surface area contributed by atoms with Gasteiger partial charge in [-0.3, -0.25) is 18.4 Å². The Balaban J connectivity index is 4.11. The fourth-order valence-electron chi connectivity index (χ4n) is 0.793. The topological polar surface area (TPSA) is 120 Å². The van der Waals surface area contributed by atoms with Gasteiger partial charge in [0.1, 0.15) is 12.1 Å². The molecule has 0 aromatic carbocycles. The van der Waals surface area contributed by atoms with Crippen molar-refractivity contribution < 1.29 is 27.7 Å². The second-order valence-corrected chi connectivity index (χ2v) is 5.41. The van der Waals surface area contributed by atoms with Crippen molar-refractivity contribution in [2.75, 3.05) is 27.4 Å². The molecular formula is C8H16N3O6P. The summed E-state index contributed by atoms with van der Waals surface area (Å²) in [5, 5.41) is 3.28. The Morgan fingerprint density at radius 1 is 1.33 bits per heavy atom. The average molecular weight is 281 g/mol. The van der Waals surface area contributed by atoms with Crippen LogP contribution in [-0.4, -0.2) is 38.9 Å². The van der Waals surface area contributed by atoms with E-state index in [0.717, 1.165) is 0 Å². The molecular weight excluding hydrogens is 265 g/mol. The third kappa shape index (κ3) is 5.48. The van der Waals surface area contributed by atoms with Crippen molar-refractivity contribution in [3.05, 3.63) is 10.4 Å². The predicted octanol–water partition coefficient (Wildman–Crippen LogP) is 2.04. The molecule has 0 heterocycles. The van der Waals surface area contributed by atoms with Crippen LogP contribution in [0.1, 0.15) is 13.8 Å². The van der Waals surface area contributed by atoms with Crippen molar-refractivity contribution >= 4 is 13.8 Å². The zero-order chi connectivity index (χ0) is 14.2. The Labute approximate surface area is 105 Å². The molecule has 0 rings (SSSR count). The monoisotopic (exact) mass is 281 g/mol. The summed E-state index contributed by atoms with van der Waals surface area (Å²) in [6.45, 7) is 2.48. The summed E-state index contributed by atoms with van der Waals surface area (Å²) >= 11 is 0. The number of azide groups is 1. The molecule has 0 aliphatic rings. The zero-order valence-corrected chi connectivity index (χ0v) is 11.5. The maximum absolute atomic E-state index is 11.4. The molecule has 18 heavy (non-hydrogen) atoms. The standard InChI is InChI=1S/C8H16N3O6P/c1-8(2,10-11-9)7(12)16-5-6-17-18(13,14-3)15-4/h5-6H2,1-4H3. The zero-order valence-electron chi connectivity index (χ0n) is 10.7. The SMILES string of the molecule is COP(=O)(OC)OCCOC(=O)C(C)(C)N=[N+]=[N-]. The van der Waals surface area contributed by atoms with Gasteiger partial charge in [0.15, 0.2) is 0 Å². The van der Waals surface area contributed by atoms with E-state index in [1.54, 1.807) is 0 Å². The van der Waals surface area contributed by atoms with Gasteiger partial charge in [-0.05, 0) is 19.4 Å². The van der Waals surface area contributed by atoms with Gasteiger partial charge < -0.3 is 4.74 Å². The summed E-state index contributed by atoms with van der Waals surface area (Å²) in [5.74, 6) is -0.714. The number of nitrogens with zero attached hydrogens (tertiary/aromatic N) is 3. The lowest BCUT2D eigenvalue weighted by atomic mass is 10.1. The van der Waals surface area contributed by atoms with E-state index in [9.17, 15) is 9.36 Å². The van der Waals surface area contributed by atoms with E-state index >= 15 is 0 Å². The molecule has 0 aliphatic heterocycles. The van der Waals surface area contributed by atoms with E-state index in [2.05, 4.69) is 19.1 Å². The van der Waals surface area contributed by atoms with Crippen LogP contribution >= 0.6 is 7.82 Å². The van der Waals surface area contributed by atoms with Crippen LogP contribution in [0.5, 0.6) is 0 Å². The van der Waals surface area contributed by atoms with Gasteiger partial charge in [0.2, 0.25) is 0 Å². The maximum atomic E-state index is 11.4. The lowest BCUT2D eigenvalue weighted by molar-refractivity contribution is -0.149. The number of carbonyl (C=O) groups is 1. The molecule has 0 fully saturated rings. The molecule has 9 nitrogen and oxygen atoms in total. The molecule has 0 saturated carbocycles. The number of carbonyl (C=O) groups excluding carboxylic acids is 1. The smallest absolute Gasteiger partial charge is 0.463 e.